The summed E-state index contributed by atoms with van der Waals surface area (Å²) >= 11 is 0. The number of hydrogen-bond acceptors (Lipinski definition) is 6. The van der Waals surface area contributed by atoms with E-state index in [2.05, 4.69) is 15.3 Å². The Morgan fingerprint density at radius 1 is 1.09 bits per heavy atom. The number of nitrogens with two attached hydrogens (primary N) is 1. The zero-order valence-electron chi connectivity index (χ0n) is 11.6. The fourth-order valence-corrected chi connectivity index (χ4v) is 1.90. The molecule has 0 bridgehead atoms. The Morgan fingerprint density at radius 2 is 2.00 bits per heavy atom. The number of nitrogens with one attached hydrogen (secondary N) is 2. The van der Waals surface area contributed by atoms with E-state index >= 15 is 0 Å². The van der Waals surface area contributed by atoms with E-state index < -0.39 is 0 Å². The van der Waals surface area contributed by atoms with Gasteiger partial charge in [0.25, 0.3) is 0 Å². The van der Waals surface area contributed by atoms with Gasteiger partial charge in [0.15, 0.2) is 11.3 Å². The summed E-state index contributed by atoms with van der Waals surface area (Å²) in [6.07, 6.45) is 6.93. The predicted octanol–water partition coefficient (Wildman–Crippen LogP) is 2.54. The van der Waals surface area contributed by atoms with Crippen LogP contribution in [-0.2, 0) is 4.84 Å². The molecule has 2 aliphatic heterocycles. The highest BCUT2D eigenvalue weighted by Crippen LogP contribution is 2.24. The molecule has 0 aromatic heterocycles. The van der Waals surface area contributed by atoms with Crippen molar-refractivity contribution >= 4 is 16.8 Å². The Hall–Kier alpha value is -3.28. The molecule has 3 aliphatic rings. The predicted molar refractivity (Wildman–Crippen MR) is 83.4 cm³/mol. The third-order valence-electron chi connectivity index (χ3n) is 2.89. The van der Waals surface area contributed by atoms with Crippen LogP contribution < -0.4 is 16.6 Å². The van der Waals surface area contributed by atoms with Gasteiger partial charge in [0, 0.05) is 24.0 Å². The Labute approximate surface area is 126 Å². The monoisotopic (exact) mass is 294 g/mol. The topological polar surface area (TPSA) is 97.2 Å². The summed E-state index contributed by atoms with van der Waals surface area (Å²) < 4.78 is 5.65. The van der Waals surface area contributed by atoms with E-state index in [0.29, 0.717) is 22.4 Å². The summed E-state index contributed by atoms with van der Waals surface area (Å²) in [5.41, 5.74) is 11.0. The van der Waals surface area contributed by atoms with Gasteiger partial charge >= 0.3 is 0 Å². The molecule has 4 N–H and O–H groups in total. The zero-order valence-corrected chi connectivity index (χ0v) is 11.6. The normalized spacial score (nSPS) is 12.4. The highest BCUT2D eigenvalue weighted by atomic mass is 16.6. The molecule has 110 valence electrons. The summed E-state index contributed by atoms with van der Waals surface area (Å²) in [6.45, 7) is 0. The molecule has 1 aromatic carbocycles. The maximum atomic E-state index is 7.51. The number of benzene rings is 2. The Balaban J connectivity index is 0.000000202. The Bertz CT molecular complexity index is 871. The first kappa shape index (κ1) is 13.7. The maximum Gasteiger partial charge on any atom is 0.155 e. The van der Waals surface area contributed by atoms with E-state index in [1.54, 1.807) is 48.9 Å². The number of nitrogens with zero attached hydrogens (tertiary/aromatic N) is 1. The molecule has 6 heteroatoms. The van der Waals surface area contributed by atoms with Crippen molar-refractivity contribution in [1.82, 2.24) is 10.5 Å². The third kappa shape index (κ3) is 3.06. The average Bonchev–Trinajstić information content (AvgIpc) is 2.55. The van der Waals surface area contributed by atoms with Crippen LogP contribution in [0.1, 0.15) is 0 Å². The molecule has 0 fully saturated rings. The SMILES string of the molecule is C1=CNOC=C1.N=c1ccc2nc3ccc(N)cc3oc-2c1. The van der Waals surface area contributed by atoms with E-state index in [0.717, 1.165) is 11.2 Å². The van der Waals surface area contributed by atoms with Crippen molar-refractivity contribution in [2.24, 2.45) is 0 Å². The second-order valence-corrected chi connectivity index (χ2v) is 4.55. The minimum atomic E-state index is 0.404. The molecule has 0 unspecified atom stereocenters. The van der Waals surface area contributed by atoms with Crippen molar-refractivity contribution < 1.29 is 9.25 Å². The molecular weight excluding hydrogens is 280 g/mol. The number of hydroxylamine groups is 1. The molecule has 0 radical (unpaired) electrons. The summed E-state index contributed by atoms with van der Waals surface area (Å²) in [5, 5.41) is 7.92. The quantitative estimate of drug-likeness (QED) is 0.437. The molecule has 0 spiro atoms. The van der Waals surface area contributed by atoms with Crippen LogP contribution >= 0.6 is 0 Å². The van der Waals surface area contributed by atoms with Gasteiger partial charge in [-0.1, -0.05) is 0 Å². The number of allylic oxidation sites excluding steroid dienone is 2. The molecule has 1 aliphatic carbocycles. The van der Waals surface area contributed by atoms with Crippen molar-refractivity contribution in [3.05, 3.63) is 66.4 Å². The lowest BCUT2D eigenvalue weighted by atomic mass is 10.2. The summed E-state index contributed by atoms with van der Waals surface area (Å²) in [7, 11) is 0. The molecule has 6 nitrogen and oxygen atoms in total. The average molecular weight is 294 g/mol. The molecular formula is C16H14N4O2. The lowest BCUT2D eigenvalue weighted by molar-refractivity contribution is 0.172. The molecule has 4 rings (SSSR count). The van der Waals surface area contributed by atoms with Crippen molar-refractivity contribution in [2.75, 3.05) is 5.73 Å². The van der Waals surface area contributed by atoms with Crippen LogP contribution in [0.2, 0.25) is 0 Å². The van der Waals surface area contributed by atoms with Gasteiger partial charge in [0.2, 0.25) is 0 Å². The summed E-state index contributed by atoms with van der Waals surface area (Å²) in [4.78, 5) is 8.98. The van der Waals surface area contributed by atoms with Gasteiger partial charge in [-0.25, -0.2) is 10.5 Å². The van der Waals surface area contributed by atoms with Crippen LogP contribution in [-0.4, -0.2) is 4.98 Å². The molecule has 0 atom stereocenters. The highest BCUT2D eigenvalue weighted by Gasteiger charge is 2.07. The molecule has 2 heterocycles. The van der Waals surface area contributed by atoms with Gasteiger partial charge in [0.1, 0.15) is 17.5 Å². The van der Waals surface area contributed by atoms with Gasteiger partial charge in [-0.15, -0.1) is 0 Å². The first-order valence-corrected chi connectivity index (χ1v) is 6.60. The van der Waals surface area contributed by atoms with Crippen LogP contribution in [0, 0.1) is 5.41 Å². The van der Waals surface area contributed by atoms with Crippen molar-refractivity contribution in [1.29, 1.82) is 5.41 Å². The van der Waals surface area contributed by atoms with Gasteiger partial charge in [0.05, 0.1) is 5.36 Å². The standard InChI is InChI=1S/C12H9N3O.C4H5NO/c13-7-1-3-9-11(5-7)16-12-6-8(14)2-4-10(12)15-9;1-2-4-6-5-3-1/h1-6,13H,14H2;1-5H. The first-order chi connectivity index (χ1) is 10.7. The summed E-state index contributed by atoms with van der Waals surface area (Å²) in [6, 6.07) is 10.5. The van der Waals surface area contributed by atoms with Crippen molar-refractivity contribution in [2.45, 2.75) is 0 Å². The van der Waals surface area contributed by atoms with E-state index in [1.165, 1.54) is 0 Å². The minimum absolute atomic E-state index is 0.404. The molecule has 0 saturated heterocycles. The maximum absolute atomic E-state index is 7.51. The smallest absolute Gasteiger partial charge is 0.155 e. The van der Waals surface area contributed by atoms with Crippen LogP contribution in [0.5, 0.6) is 0 Å². The highest BCUT2D eigenvalue weighted by molar-refractivity contribution is 5.79. The summed E-state index contributed by atoms with van der Waals surface area (Å²) in [5.74, 6) is 0.602. The van der Waals surface area contributed by atoms with Crippen molar-refractivity contribution in [3.63, 3.8) is 0 Å². The van der Waals surface area contributed by atoms with Crippen LogP contribution in [0.4, 0.5) is 5.69 Å². The lowest BCUT2D eigenvalue weighted by Gasteiger charge is -2.05. The van der Waals surface area contributed by atoms with E-state index in [9.17, 15) is 0 Å². The van der Waals surface area contributed by atoms with E-state index in [4.69, 9.17) is 15.6 Å². The Morgan fingerprint density at radius 3 is 2.68 bits per heavy atom. The van der Waals surface area contributed by atoms with Crippen LogP contribution in [0.3, 0.4) is 0 Å². The number of fused-ring (bicyclic) bond motifs is 2. The minimum Gasteiger partial charge on any atom is -0.453 e. The van der Waals surface area contributed by atoms with Crippen LogP contribution in [0.15, 0.2) is 65.4 Å². The van der Waals surface area contributed by atoms with Gasteiger partial charge in [-0.05, 0) is 36.4 Å². The Kier molecular flexibility index (Phi) is 3.74. The fourth-order valence-electron chi connectivity index (χ4n) is 1.90. The van der Waals surface area contributed by atoms with Gasteiger partial charge < -0.3 is 20.4 Å². The second kappa shape index (κ2) is 6.01. The van der Waals surface area contributed by atoms with Crippen molar-refractivity contribution in [3.8, 4) is 11.5 Å². The van der Waals surface area contributed by atoms with Gasteiger partial charge in [-0.2, -0.15) is 0 Å². The molecule has 1 aromatic rings. The number of rotatable bonds is 0. The number of aromatic nitrogens is 1. The van der Waals surface area contributed by atoms with E-state index in [-0.39, 0.29) is 0 Å². The number of hydrogen-bond donors (Lipinski definition) is 3. The largest absolute Gasteiger partial charge is 0.453 e. The second-order valence-electron chi connectivity index (χ2n) is 4.55. The van der Waals surface area contributed by atoms with E-state index in [1.807, 2.05) is 12.1 Å². The molecule has 0 amide bonds. The first-order valence-electron chi connectivity index (χ1n) is 6.60. The molecule has 0 saturated carbocycles. The molecule has 22 heavy (non-hydrogen) atoms. The number of anilines is 1. The fraction of sp³-hybridized carbons (Fsp3) is 0. The van der Waals surface area contributed by atoms with Gasteiger partial charge in [-0.3, -0.25) is 0 Å². The number of nitrogen functional groups attached to an aromatic ring is 1. The third-order valence-corrected chi connectivity index (χ3v) is 2.89. The zero-order chi connectivity index (χ0) is 15.4. The lowest BCUT2D eigenvalue weighted by Crippen LogP contribution is -2.01. The van der Waals surface area contributed by atoms with Crippen LogP contribution in [0.25, 0.3) is 22.6 Å².